The van der Waals surface area contributed by atoms with Crippen LogP contribution in [0.4, 0.5) is 0 Å². The Balaban J connectivity index is 0.000000107. The Morgan fingerprint density at radius 2 is 0.295 bits per heavy atom. The lowest BCUT2D eigenvalue weighted by Crippen LogP contribution is -1.91. The van der Waals surface area contributed by atoms with E-state index in [2.05, 4.69) is 510 Å². The minimum Gasteiger partial charge on any atom is -0.0622 e. The molecule has 0 aliphatic rings. The van der Waals surface area contributed by atoms with Crippen LogP contribution in [0.2, 0.25) is 0 Å². The van der Waals surface area contributed by atoms with Gasteiger partial charge in [-0.2, -0.15) is 0 Å². The van der Waals surface area contributed by atoms with Crippen molar-refractivity contribution < 1.29 is 0 Å². The van der Waals surface area contributed by atoms with Crippen LogP contribution in [0, 0.1) is 0 Å². The Hall–Kier alpha value is -17.2. The van der Waals surface area contributed by atoms with Crippen molar-refractivity contribution in [2.24, 2.45) is 0 Å². The second-order valence-corrected chi connectivity index (χ2v) is 35.0. The predicted octanol–water partition coefficient (Wildman–Crippen LogP) is 37.4. The van der Waals surface area contributed by atoms with Gasteiger partial charge in [0.15, 0.2) is 0 Å². The lowest BCUT2D eigenvalue weighted by atomic mass is 9.84. The molecule has 0 fully saturated rings. The molecule has 0 saturated carbocycles. The van der Waals surface area contributed by atoms with E-state index < -0.39 is 0 Å². The smallest absolute Gasteiger partial charge is 0.00201 e. The summed E-state index contributed by atoms with van der Waals surface area (Å²) in [5, 5.41) is 38.2. The number of hydrogen-bond acceptors (Lipinski definition) is 0. The van der Waals surface area contributed by atoms with E-state index in [4.69, 9.17) is 0 Å². The van der Waals surface area contributed by atoms with Gasteiger partial charge in [0, 0.05) is 0 Å². The van der Waals surface area contributed by atoms with Gasteiger partial charge in [-0.3, -0.25) is 0 Å². The summed E-state index contributed by atoms with van der Waals surface area (Å²) >= 11 is 0. The molecule has 0 aliphatic heterocycles. The Bertz CT molecular complexity index is 9160. The molecule has 0 unspecified atom stereocenters. The van der Waals surface area contributed by atoms with Crippen molar-refractivity contribution in [2.45, 2.75) is 0 Å². The van der Waals surface area contributed by atoms with Crippen LogP contribution in [0.5, 0.6) is 0 Å². The Labute approximate surface area is 765 Å². The van der Waals surface area contributed by atoms with Crippen molar-refractivity contribution in [1.82, 2.24) is 0 Å². The highest BCUT2D eigenvalue weighted by Crippen LogP contribution is 2.51. The van der Waals surface area contributed by atoms with Crippen LogP contribution in [0.3, 0.4) is 0 Å². The number of benzene rings is 27. The first kappa shape index (κ1) is 77.2. The maximum atomic E-state index is 2.40. The molecule has 27 rings (SSSR count). The van der Waals surface area contributed by atoms with E-state index in [1.165, 1.54) is 262 Å². The van der Waals surface area contributed by atoms with Gasteiger partial charge in [0.25, 0.3) is 0 Å². The summed E-state index contributed by atoms with van der Waals surface area (Å²) in [7, 11) is 0. The zero-order valence-electron chi connectivity index (χ0n) is 72.5. The molecule has 0 N–H and O–H groups in total. The quantitative estimate of drug-likeness (QED) is 0.0998. The molecule has 0 bridgehead atoms. The summed E-state index contributed by atoms with van der Waals surface area (Å²) in [4.78, 5) is 0. The molecule has 612 valence electrons. The highest BCUT2D eigenvalue weighted by Gasteiger charge is 2.24. The standard InChI is InChI=1S/C48H30.C44H28.C40H26/c1-3-15-37-32(12-1)14-11-23-41(37)48-44-21-9-7-19-42(44)47(43-20-8-10-22-45(43)48)35-27-25-31-24-26-34(28-36(31)29-35)46-30-33-13-2-4-16-38(33)39-17-5-6-18-40(39)46;1-3-15-35-30(11-1)13-9-21-37(35)32-25-23-29-24-26-33(28-34(29)27-32)43-39-17-5-7-19-41(39)44(42-20-8-6-18-40(42)43)38-22-10-14-31-12-2-4-16-36(31)38;1-2-11-27(12-3-1)30-23-21-28-22-24-31(26-32(28)25-30)39-35-16-6-8-18-37(35)40(38-19-9-7-17-36(38)39)34-20-10-14-29-13-4-5-15-33(29)34/h1-30H;1-28H;1-26H. The average Bonchev–Trinajstić information content (AvgIpc) is 0.732. The normalized spacial score (nSPS) is 11.6. The third kappa shape index (κ3) is 13.4. The first-order chi connectivity index (χ1) is 65.5. The van der Waals surface area contributed by atoms with Gasteiger partial charge in [0.05, 0.1) is 0 Å². The number of hydrogen-bond donors (Lipinski definition) is 0. The molecule has 0 heteroatoms. The van der Waals surface area contributed by atoms with Crippen molar-refractivity contribution in [1.29, 1.82) is 0 Å². The van der Waals surface area contributed by atoms with Gasteiger partial charge in [-0.1, -0.05) is 467 Å². The fourth-order valence-electron chi connectivity index (χ4n) is 21.6. The van der Waals surface area contributed by atoms with Crippen LogP contribution in [0.25, 0.3) is 262 Å². The fraction of sp³-hybridized carbons (Fsp3) is 0. The van der Waals surface area contributed by atoms with Crippen LogP contribution in [0.1, 0.15) is 0 Å². The highest BCUT2D eigenvalue weighted by molar-refractivity contribution is 6.28. The molecule has 0 heterocycles. The monoisotopic (exact) mass is 1670 g/mol. The molecule has 0 nitrogen and oxygen atoms in total. The van der Waals surface area contributed by atoms with E-state index in [1.54, 1.807) is 0 Å². The SMILES string of the molecule is c1ccc(-c2ccc3ccc(-c4c5ccccc5c(-c5cccc6ccccc56)c5ccccc45)cc3c2)cc1.c1ccc2c(-c3c4ccccc4c(-c4ccc5ccc(-c6cc7ccccc7c7ccccc67)cc5c4)c4ccccc34)cccc2c1.c1ccc2c(-c3ccc4ccc(-c5c6ccccc6c(-c6cccc7ccccc67)c6ccccc56)cc4c3)cccc2c1. The highest BCUT2D eigenvalue weighted by atomic mass is 14.3. The third-order valence-corrected chi connectivity index (χ3v) is 27.6. The summed E-state index contributed by atoms with van der Waals surface area (Å²) in [5.74, 6) is 0. The number of rotatable bonds is 9. The summed E-state index contributed by atoms with van der Waals surface area (Å²) in [6.07, 6.45) is 0. The van der Waals surface area contributed by atoms with Crippen molar-refractivity contribution >= 4 is 162 Å². The lowest BCUT2D eigenvalue weighted by molar-refractivity contribution is 1.64. The molecule has 0 atom stereocenters. The first-order valence-electron chi connectivity index (χ1n) is 45.8. The molecule has 0 amide bonds. The largest absolute Gasteiger partial charge is 0.0622 e. The topological polar surface area (TPSA) is 0 Å². The van der Waals surface area contributed by atoms with Gasteiger partial charge in [-0.15, -0.1) is 0 Å². The fourth-order valence-corrected chi connectivity index (χ4v) is 21.6. The van der Waals surface area contributed by atoms with E-state index in [0.717, 1.165) is 0 Å². The van der Waals surface area contributed by atoms with E-state index in [-0.39, 0.29) is 0 Å². The van der Waals surface area contributed by atoms with E-state index in [0.29, 0.717) is 0 Å². The second-order valence-electron chi connectivity index (χ2n) is 35.0. The average molecular weight is 1670 g/mol. The maximum absolute atomic E-state index is 2.40. The molecule has 0 aliphatic carbocycles. The van der Waals surface area contributed by atoms with Gasteiger partial charge in [0.2, 0.25) is 0 Å². The second kappa shape index (κ2) is 32.6. The molecule has 0 radical (unpaired) electrons. The maximum Gasteiger partial charge on any atom is -0.00201 e. The molecule has 0 spiro atoms. The van der Waals surface area contributed by atoms with Crippen LogP contribution in [-0.4, -0.2) is 0 Å². The molecule has 0 saturated heterocycles. The molecule has 132 heavy (non-hydrogen) atoms. The van der Waals surface area contributed by atoms with Crippen LogP contribution in [-0.2, 0) is 0 Å². The van der Waals surface area contributed by atoms with Crippen molar-refractivity contribution in [2.75, 3.05) is 0 Å². The minimum atomic E-state index is 1.24. The van der Waals surface area contributed by atoms with Crippen LogP contribution in [0.15, 0.2) is 510 Å². The van der Waals surface area contributed by atoms with Crippen LogP contribution >= 0.6 is 0 Å². The number of fused-ring (bicyclic) bond motifs is 16. The van der Waals surface area contributed by atoms with Crippen molar-refractivity contribution in [3.05, 3.63) is 510 Å². The van der Waals surface area contributed by atoms with Crippen LogP contribution < -0.4 is 0 Å². The predicted molar refractivity (Wildman–Crippen MR) is 571 cm³/mol. The first-order valence-corrected chi connectivity index (χ1v) is 45.8. The molecular weight excluding hydrogens is 1590 g/mol. The van der Waals surface area contributed by atoms with Gasteiger partial charge in [-0.25, -0.2) is 0 Å². The Morgan fingerprint density at radius 3 is 0.636 bits per heavy atom. The van der Waals surface area contributed by atoms with Gasteiger partial charge in [-0.05, 0) is 304 Å². The van der Waals surface area contributed by atoms with E-state index in [1.807, 2.05) is 0 Å². The third-order valence-electron chi connectivity index (χ3n) is 27.6. The summed E-state index contributed by atoms with van der Waals surface area (Å²) in [6, 6.07) is 187. The van der Waals surface area contributed by atoms with Gasteiger partial charge in [0.1, 0.15) is 0 Å². The minimum absolute atomic E-state index is 1.24. The Kier molecular flexibility index (Phi) is 19.1. The molecule has 0 aromatic heterocycles. The van der Waals surface area contributed by atoms with E-state index >= 15 is 0 Å². The van der Waals surface area contributed by atoms with Crippen molar-refractivity contribution in [3.63, 3.8) is 0 Å². The van der Waals surface area contributed by atoms with E-state index in [9.17, 15) is 0 Å². The summed E-state index contributed by atoms with van der Waals surface area (Å²) in [6.45, 7) is 0. The molecular formula is C132H84. The van der Waals surface area contributed by atoms with Crippen molar-refractivity contribution in [3.8, 4) is 100 Å². The lowest BCUT2D eigenvalue weighted by Gasteiger charge is -2.19. The van der Waals surface area contributed by atoms with Gasteiger partial charge < -0.3 is 0 Å². The Morgan fingerprint density at radius 1 is 0.0758 bits per heavy atom. The zero-order valence-corrected chi connectivity index (χ0v) is 72.5. The molecule has 27 aromatic rings. The molecule has 27 aromatic carbocycles. The zero-order chi connectivity index (χ0) is 87.1. The summed E-state index contributed by atoms with van der Waals surface area (Å²) < 4.78 is 0. The van der Waals surface area contributed by atoms with Gasteiger partial charge >= 0.3 is 0 Å². The summed E-state index contributed by atoms with van der Waals surface area (Å²) in [5.41, 5.74) is 22.8.